The Hall–Kier alpha value is -1.27. The zero-order chi connectivity index (χ0) is 11.5. The van der Waals surface area contributed by atoms with E-state index in [-0.39, 0.29) is 0 Å². The minimum absolute atomic E-state index is 0.579. The smallest absolute Gasteiger partial charge is 0.0315 e. The Morgan fingerprint density at radius 3 is 1.81 bits per heavy atom. The number of nitrogen functional groups attached to an aromatic ring is 1. The number of hydrogen-bond acceptors (Lipinski definition) is 3. The van der Waals surface area contributed by atoms with Crippen molar-refractivity contribution in [2.45, 2.75) is 0 Å². The molecule has 2 aromatic carbocycles. The van der Waals surface area contributed by atoms with Crippen molar-refractivity contribution in [2.24, 2.45) is 0 Å². The standard InChI is InChI=1S/C12H10IN2O/c13-9-1-5-11(6-2-9)15(16)12-7-3-10(14)4-8-12/h1-8H,14H2/q-1. The number of benzene rings is 2. The second-order valence-electron chi connectivity index (χ2n) is 3.36. The fourth-order valence-corrected chi connectivity index (χ4v) is 1.69. The molecule has 3 nitrogen and oxygen atoms in total. The quantitative estimate of drug-likeness (QED) is 0.522. The second-order valence-corrected chi connectivity index (χ2v) is 4.61. The minimum atomic E-state index is 0.579. The zero-order valence-electron chi connectivity index (χ0n) is 8.43. The molecule has 2 aromatic rings. The molecule has 16 heavy (non-hydrogen) atoms. The largest absolute Gasteiger partial charge is 0.754 e. The van der Waals surface area contributed by atoms with E-state index in [0.29, 0.717) is 17.1 Å². The summed E-state index contributed by atoms with van der Waals surface area (Å²) in [5.41, 5.74) is 7.41. The summed E-state index contributed by atoms with van der Waals surface area (Å²) in [7, 11) is 0. The van der Waals surface area contributed by atoms with Crippen molar-refractivity contribution in [3.63, 3.8) is 0 Å². The molecule has 0 saturated carbocycles. The number of nitrogens with two attached hydrogens (primary N) is 1. The Balaban J connectivity index is 2.28. The summed E-state index contributed by atoms with van der Waals surface area (Å²) in [6.07, 6.45) is 0. The highest BCUT2D eigenvalue weighted by atomic mass is 127. The summed E-state index contributed by atoms with van der Waals surface area (Å²) in [6, 6.07) is 14.2. The second kappa shape index (κ2) is 4.71. The van der Waals surface area contributed by atoms with Gasteiger partial charge in [0.05, 0.1) is 0 Å². The van der Waals surface area contributed by atoms with Crippen LogP contribution in [0.1, 0.15) is 0 Å². The predicted molar refractivity (Wildman–Crippen MR) is 75.5 cm³/mol. The lowest BCUT2D eigenvalue weighted by Gasteiger charge is -2.30. The minimum Gasteiger partial charge on any atom is -0.754 e. The molecular weight excluding hydrogens is 315 g/mol. The Kier molecular flexibility index (Phi) is 3.31. The molecule has 82 valence electrons. The van der Waals surface area contributed by atoms with Crippen molar-refractivity contribution in [3.8, 4) is 0 Å². The van der Waals surface area contributed by atoms with Gasteiger partial charge >= 0.3 is 0 Å². The Morgan fingerprint density at radius 2 is 1.31 bits per heavy atom. The molecule has 0 fully saturated rings. The first-order chi connectivity index (χ1) is 7.66. The van der Waals surface area contributed by atoms with Gasteiger partial charge in [0.25, 0.3) is 0 Å². The van der Waals surface area contributed by atoms with E-state index in [9.17, 15) is 5.21 Å². The van der Waals surface area contributed by atoms with Gasteiger partial charge in [0.2, 0.25) is 0 Å². The summed E-state index contributed by atoms with van der Waals surface area (Å²) >= 11 is 2.20. The molecule has 2 rings (SSSR count). The molecule has 2 N–H and O–H groups in total. The lowest BCUT2D eigenvalue weighted by atomic mass is 10.2. The average Bonchev–Trinajstić information content (AvgIpc) is 2.30. The van der Waals surface area contributed by atoms with Crippen LogP contribution in [-0.2, 0) is 0 Å². The topological polar surface area (TPSA) is 52.3 Å². The number of hydrogen-bond donors (Lipinski definition) is 1. The van der Waals surface area contributed by atoms with Crippen molar-refractivity contribution in [2.75, 3.05) is 10.8 Å². The van der Waals surface area contributed by atoms with E-state index < -0.39 is 0 Å². The normalized spacial score (nSPS) is 10.1. The fraction of sp³-hybridized carbons (Fsp3) is 0. The summed E-state index contributed by atoms with van der Waals surface area (Å²) < 4.78 is 1.10. The number of anilines is 3. The third-order valence-corrected chi connectivity index (χ3v) is 2.91. The zero-order valence-corrected chi connectivity index (χ0v) is 10.6. The van der Waals surface area contributed by atoms with E-state index in [1.54, 1.807) is 36.4 Å². The Labute approximate surface area is 108 Å². The molecule has 4 heteroatoms. The van der Waals surface area contributed by atoms with Crippen molar-refractivity contribution < 1.29 is 0 Å². The van der Waals surface area contributed by atoms with Crippen LogP contribution in [0.15, 0.2) is 48.5 Å². The van der Waals surface area contributed by atoms with Gasteiger partial charge in [0, 0.05) is 20.6 Å². The van der Waals surface area contributed by atoms with Crippen LogP contribution in [0.3, 0.4) is 0 Å². The molecule has 0 aromatic heterocycles. The van der Waals surface area contributed by atoms with E-state index in [1.807, 2.05) is 12.1 Å². The highest BCUT2D eigenvalue weighted by Gasteiger charge is 1.98. The van der Waals surface area contributed by atoms with Crippen molar-refractivity contribution in [3.05, 3.63) is 57.3 Å². The predicted octanol–water partition coefficient (Wildman–Crippen LogP) is 3.51. The number of halogens is 1. The van der Waals surface area contributed by atoms with Gasteiger partial charge in [-0.2, -0.15) is 0 Å². The van der Waals surface area contributed by atoms with Crippen LogP contribution in [0.25, 0.3) is 0 Å². The molecule has 0 unspecified atom stereocenters. The first-order valence-electron chi connectivity index (χ1n) is 4.75. The van der Waals surface area contributed by atoms with Crippen molar-refractivity contribution in [1.29, 1.82) is 0 Å². The summed E-state index contributed by atoms with van der Waals surface area (Å²) in [5.74, 6) is 0. The maximum Gasteiger partial charge on any atom is 0.0315 e. The van der Waals surface area contributed by atoms with Crippen LogP contribution in [0, 0.1) is 8.78 Å². The van der Waals surface area contributed by atoms with Gasteiger partial charge in [0.15, 0.2) is 0 Å². The molecular formula is C12H10IN2O-. The van der Waals surface area contributed by atoms with Crippen LogP contribution in [0.2, 0.25) is 0 Å². The summed E-state index contributed by atoms with van der Waals surface area (Å²) in [6.45, 7) is 0. The van der Waals surface area contributed by atoms with Crippen LogP contribution < -0.4 is 10.8 Å². The maximum atomic E-state index is 11.9. The van der Waals surface area contributed by atoms with Gasteiger partial charge in [-0.05, 0) is 71.1 Å². The third kappa shape index (κ3) is 2.45. The van der Waals surface area contributed by atoms with Gasteiger partial charge in [0.1, 0.15) is 0 Å². The number of rotatable bonds is 2. The maximum absolute atomic E-state index is 11.9. The monoisotopic (exact) mass is 325 g/mol. The summed E-state index contributed by atoms with van der Waals surface area (Å²) in [4.78, 5) is 0. The molecule has 0 heterocycles. The van der Waals surface area contributed by atoms with Gasteiger partial charge < -0.3 is 16.0 Å². The average molecular weight is 325 g/mol. The van der Waals surface area contributed by atoms with Gasteiger partial charge in [-0.15, -0.1) is 0 Å². The molecule has 0 amide bonds. The fourth-order valence-electron chi connectivity index (χ4n) is 1.34. The van der Waals surface area contributed by atoms with E-state index in [0.717, 1.165) is 8.63 Å². The van der Waals surface area contributed by atoms with Crippen LogP contribution in [-0.4, -0.2) is 0 Å². The van der Waals surface area contributed by atoms with Crippen LogP contribution >= 0.6 is 22.6 Å². The van der Waals surface area contributed by atoms with E-state index >= 15 is 0 Å². The van der Waals surface area contributed by atoms with Crippen molar-refractivity contribution in [1.82, 2.24) is 0 Å². The molecule has 0 atom stereocenters. The first-order valence-corrected chi connectivity index (χ1v) is 5.83. The van der Waals surface area contributed by atoms with Crippen LogP contribution in [0.5, 0.6) is 0 Å². The van der Waals surface area contributed by atoms with E-state index in [2.05, 4.69) is 22.6 Å². The van der Waals surface area contributed by atoms with Crippen LogP contribution in [0.4, 0.5) is 17.1 Å². The molecule has 0 spiro atoms. The van der Waals surface area contributed by atoms with E-state index in [4.69, 9.17) is 5.73 Å². The van der Waals surface area contributed by atoms with Gasteiger partial charge in [-0.25, -0.2) is 0 Å². The van der Waals surface area contributed by atoms with E-state index in [1.165, 1.54) is 0 Å². The molecule has 0 bridgehead atoms. The lowest BCUT2D eigenvalue weighted by molar-refractivity contribution is 1.30. The molecule has 0 radical (unpaired) electrons. The summed E-state index contributed by atoms with van der Waals surface area (Å²) in [5, 5.41) is 12.8. The molecule has 0 aliphatic rings. The Bertz CT molecular complexity index is 422. The first kappa shape index (κ1) is 11.2. The molecule has 0 aliphatic heterocycles. The molecule has 0 saturated heterocycles. The van der Waals surface area contributed by atoms with Gasteiger partial charge in [-0.1, -0.05) is 0 Å². The Morgan fingerprint density at radius 1 is 0.875 bits per heavy atom. The third-order valence-electron chi connectivity index (χ3n) is 2.19. The highest BCUT2D eigenvalue weighted by molar-refractivity contribution is 14.1. The highest BCUT2D eigenvalue weighted by Crippen LogP contribution is 2.25. The van der Waals surface area contributed by atoms with Crippen molar-refractivity contribution >= 4 is 39.7 Å². The van der Waals surface area contributed by atoms with Gasteiger partial charge in [-0.3, -0.25) is 0 Å². The lowest BCUT2D eigenvalue weighted by Crippen LogP contribution is -2.06. The number of nitrogens with zero attached hydrogens (tertiary/aromatic N) is 1. The SMILES string of the molecule is Nc1ccc(N([O-])c2ccc(I)cc2)cc1. The molecule has 0 aliphatic carbocycles.